The first-order valence-electron chi connectivity index (χ1n) is 12.1. The SMILES string of the molecule is Cc1ccccc1-c1cnc(-c2ccncc2)nc1[C@H]1CCCN(Cc2nc3ccccc3s2)C1. The first-order valence-corrected chi connectivity index (χ1v) is 13.0. The third-order valence-electron chi connectivity index (χ3n) is 6.78. The van der Waals surface area contributed by atoms with Crippen molar-refractivity contribution in [3.05, 3.63) is 95.5 Å². The molecule has 0 bridgehead atoms. The molecule has 5 nitrogen and oxygen atoms in total. The highest BCUT2D eigenvalue weighted by Gasteiger charge is 2.27. The summed E-state index contributed by atoms with van der Waals surface area (Å²) < 4.78 is 1.26. The Hall–Kier alpha value is -3.48. The van der Waals surface area contributed by atoms with E-state index in [2.05, 4.69) is 65.3 Å². The van der Waals surface area contributed by atoms with Crippen molar-refractivity contribution >= 4 is 21.6 Å². The van der Waals surface area contributed by atoms with Gasteiger partial charge in [0.1, 0.15) is 5.01 Å². The Morgan fingerprint density at radius 2 is 1.77 bits per heavy atom. The van der Waals surface area contributed by atoms with Crippen LogP contribution in [0.3, 0.4) is 0 Å². The normalized spacial score (nSPS) is 16.5. The highest BCUT2D eigenvalue weighted by molar-refractivity contribution is 7.18. The molecule has 1 aliphatic heterocycles. The zero-order chi connectivity index (χ0) is 23.6. The minimum atomic E-state index is 0.344. The van der Waals surface area contributed by atoms with Gasteiger partial charge in [0.25, 0.3) is 0 Å². The average molecular weight is 478 g/mol. The molecule has 6 rings (SSSR count). The molecule has 6 heteroatoms. The maximum atomic E-state index is 5.18. The van der Waals surface area contributed by atoms with E-state index in [1.165, 1.54) is 20.8 Å². The molecule has 174 valence electrons. The second-order valence-corrected chi connectivity index (χ2v) is 10.3. The molecule has 1 atom stereocenters. The van der Waals surface area contributed by atoms with E-state index in [0.717, 1.165) is 60.6 Å². The fourth-order valence-electron chi connectivity index (χ4n) is 5.03. The third kappa shape index (κ3) is 4.59. The van der Waals surface area contributed by atoms with E-state index in [1.807, 2.05) is 18.3 Å². The summed E-state index contributed by atoms with van der Waals surface area (Å²) in [7, 11) is 0. The summed E-state index contributed by atoms with van der Waals surface area (Å²) in [5.41, 5.74) is 6.85. The number of hydrogen-bond acceptors (Lipinski definition) is 6. The van der Waals surface area contributed by atoms with Gasteiger partial charge in [0.2, 0.25) is 0 Å². The number of rotatable bonds is 5. The minimum Gasteiger partial charge on any atom is -0.296 e. The van der Waals surface area contributed by atoms with E-state index < -0.39 is 0 Å². The van der Waals surface area contributed by atoms with Crippen LogP contribution < -0.4 is 0 Å². The molecule has 0 spiro atoms. The van der Waals surface area contributed by atoms with Crippen LogP contribution >= 0.6 is 11.3 Å². The van der Waals surface area contributed by atoms with Crippen molar-refractivity contribution in [2.24, 2.45) is 0 Å². The van der Waals surface area contributed by atoms with Crippen LogP contribution in [0.5, 0.6) is 0 Å². The van der Waals surface area contributed by atoms with E-state index in [-0.39, 0.29) is 0 Å². The van der Waals surface area contributed by atoms with Crippen molar-refractivity contribution in [3.8, 4) is 22.5 Å². The van der Waals surface area contributed by atoms with Crippen LogP contribution in [-0.2, 0) is 6.54 Å². The molecule has 0 radical (unpaired) electrons. The lowest BCUT2D eigenvalue weighted by molar-refractivity contribution is 0.198. The smallest absolute Gasteiger partial charge is 0.159 e. The molecule has 0 unspecified atom stereocenters. The van der Waals surface area contributed by atoms with Gasteiger partial charge in [-0.15, -0.1) is 11.3 Å². The van der Waals surface area contributed by atoms with E-state index in [4.69, 9.17) is 15.0 Å². The Kier molecular flexibility index (Phi) is 6.06. The highest BCUT2D eigenvalue weighted by Crippen LogP contribution is 2.36. The number of piperidine rings is 1. The van der Waals surface area contributed by atoms with Crippen LogP contribution in [0, 0.1) is 6.92 Å². The van der Waals surface area contributed by atoms with Gasteiger partial charge in [-0.3, -0.25) is 9.88 Å². The standard InChI is InChI=1S/C29H27N5S/c1-20-7-2-3-9-23(20)24-17-31-29(21-12-14-30-15-13-21)33-28(24)22-8-6-16-34(18-22)19-27-32-25-10-4-5-11-26(25)35-27/h2-5,7,9-15,17,22H,6,8,16,18-19H2,1H3/t22-/m0/s1. The van der Waals surface area contributed by atoms with Crippen LogP contribution in [0.25, 0.3) is 32.7 Å². The van der Waals surface area contributed by atoms with Crippen molar-refractivity contribution in [2.75, 3.05) is 13.1 Å². The summed E-state index contributed by atoms with van der Waals surface area (Å²) in [5.74, 6) is 1.11. The Bertz CT molecular complexity index is 1430. The minimum absolute atomic E-state index is 0.344. The average Bonchev–Trinajstić information content (AvgIpc) is 3.32. The molecular formula is C29H27N5S. The fraction of sp³-hybridized carbons (Fsp3) is 0.241. The Balaban J connectivity index is 1.34. The number of pyridine rings is 1. The number of likely N-dealkylation sites (tertiary alicyclic amines) is 1. The predicted octanol–water partition coefficient (Wildman–Crippen LogP) is 6.50. The van der Waals surface area contributed by atoms with E-state index in [0.29, 0.717) is 5.92 Å². The second kappa shape index (κ2) is 9.64. The number of aryl methyl sites for hydroxylation is 1. The van der Waals surface area contributed by atoms with Gasteiger partial charge >= 0.3 is 0 Å². The second-order valence-electron chi connectivity index (χ2n) is 9.19. The highest BCUT2D eigenvalue weighted by atomic mass is 32.1. The quantitative estimate of drug-likeness (QED) is 0.289. The number of aromatic nitrogens is 4. The maximum Gasteiger partial charge on any atom is 0.159 e. The summed E-state index contributed by atoms with van der Waals surface area (Å²) in [6.45, 7) is 5.12. The van der Waals surface area contributed by atoms with Crippen LogP contribution in [0.15, 0.2) is 79.3 Å². The lowest BCUT2D eigenvalue weighted by Crippen LogP contribution is -2.34. The zero-order valence-corrected chi connectivity index (χ0v) is 20.6. The molecule has 4 heterocycles. The molecule has 1 aliphatic rings. The molecule has 0 saturated carbocycles. The van der Waals surface area contributed by atoms with Gasteiger partial charge in [0.15, 0.2) is 5.82 Å². The summed E-state index contributed by atoms with van der Waals surface area (Å²) in [6, 6.07) is 20.9. The van der Waals surface area contributed by atoms with E-state index >= 15 is 0 Å². The monoisotopic (exact) mass is 477 g/mol. The molecule has 0 aliphatic carbocycles. The van der Waals surface area contributed by atoms with Crippen LogP contribution in [0.4, 0.5) is 0 Å². The molecule has 35 heavy (non-hydrogen) atoms. The van der Waals surface area contributed by atoms with Gasteiger partial charge < -0.3 is 0 Å². The molecule has 3 aromatic heterocycles. The lowest BCUT2D eigenvalue weighted by atomic mass is 9.88. The van der Waals surface area contributed by atoms with Gasteiger partial charge in [-0.25, -0.2) is 15.0 Å². The maximum absolute atomic E-state index is 5.18. The van der Waals surface area contributed by atoms with Gasteiger partial charge in [-0.1, -0.05) is 36.4 Å². The number of benzene rings is 2. The fourth-order valence-corrected chi connectivity index (χ4v) is 6.04. The predicted molar refractivity (Wildman–Crippen MR) is 142 cm³/mol. The van der Waals surface area contributed by atoms with Crippen molar-refractivity contribution in [1.29, 1.82) is 0 Å². The number of fused-ring (bicyclic) bond motifs is 1. The first kappa shape index (κ1) is 22.0. The summed E-state index contributed by atoms with van der Waals surface area (Å²) in [5, 5.41) is 1.19. The largest absolute Gasteiger partial charge is 0.296 e. The molecule has 2 aromatic carbocycles. The zero-order valence-electron chi connectivity index (χ0n) is 19.8. The van der Waals surface area contributed by atoms with E-state index in [9.17, 15) is 0 Å². The molecule has 0 N–H and O–H groups in total. The number of para-hydroxylation sites is 1. The number of nitrogens with zero attached hydrogens (tertiary/aromatic N) is 5. The Labute approximate surface area is 209 Å². The molecule has 1 saturated heterocycles. The van der Waals surface area contributed by atoms with Crippen molar-refractivity contribution < 1.29 is 0 Å². The number of thiazole rings is 1. The summed E-state index contributed by atoms with van der Waals surface area (Å²) in [4.78, 5) is 21.5. The van der Waals surface area contributed by atoms with Gasteiger partial charge in [-0.05, 0) is 61.7 Å². The van der Waals surface area contributed by atoms with Gasteiger partial charge in [0.05, 0.1) is 22.5 Å². The Morgan fingerprint density at radius 3 is 2.63 bits per heavy atom. The molecule has 0 amide bonds. The topological polar surface area (TPSA) is 54.8 Å². The van der Waals surface area contributed by atoms with E-state index in [1.54, 1.807) is 23.7 Å². The molecule has 5 aromatic rings. The van der Waals surface area contributed by atoms with Crippen LogP contribution in [0.2, 0.25) is 0 Å². The summed E-state index contributed by atoms with van der Waals surface area (Å²) in [6.07, 6.45) is 7.90. The molecule has 1 fully saturated rings. The van der Waals surface area contributed by atoms with Crippen molar-refractivity contribution in [2.45, 2.75) is 32.2 Å². The third-order valence-corrected chi connectivity index (χ3v) is 7.80. The number of hydrogen-bond donors (Lipinski definition) is 0. The van der Waals surface area contributed by atoms with Crippen LogP contribution in [-0.4, -0.2) is 37.9 Å². The van der Waals surface area contributed by atoms with Gasteiger partial charge in [0, 0.05) is 42.2 Å². The first-order chi connectivity index (χ1) is 17.2. The Morgan fingerprint density at radius 1 is 0.943 bits per heavy atom. The van der Waals surface area contributed by atoms with Gasteiger partial charge in [-0.2, -0.15) is 0 Å². The van der Waals surface area contributed by atoms with Crippen LogP contribution in [0.1, 0.15) is 35.0 Å². The summed E-state index contributed by atoms with van der Waals surface area (Å²) >= 11 is 1.81. The molecular weight excluding hydrogens is 450 g/mol. The van der Waals surface area contributed by atoms with Crippen molar-refractivity contribution in [3.63, 3.8) is 0 Å². The lowest BCUT2D eigenvalue weighted by Gasteiger charge is -2.33. The van der Waals surface area contributed by atoms with Crippen molar-refractivity contribution in [1.82, 2.24) is 24.8 Å².